The molecule has 0 fully saturated rings. The van der Waals surface area contributed by atoms with Crippen LogP contribution in [0.2, 0.25) is 0 Å². The van der Waals surface area contributed by atoms with E-state index < -0.39 is 23.6 Å². The predicted molar refractivity (Wildman–Crippen MR) is 103 cm³/mol. The van der Waals surface area contributed by atoms with Crippen LogP contribution in [0.25, 0.3) is 5.57 Å². The van der Waals surface area contributed by atoms with Crippen molar-refractivity contribution in [2.45, 2.75) is 19.1 Å². The summed E-state index contributed by atoms with van der Waals surface area (Å²) in [4.78, 5) is 23.3. The number of fused-ring (bicyclic) bond motifs is 1. The molecule has 8 nitrogen and oxygen atoms in total. The second kappa shape index (κ2) is 7.50. The van der Waals surface area contributed by atoms with Crippen LogP contribution in [0, 0.1) is 0 Å². The van der Waals surface area contributed by atoms with E-state index in [1.165, 1.54) is 0 Å². The molecule has 0 unspecified atom stereocenters. The molecule has 2 aromatic heterocycles. The summed E-state index contributed by atoms with van der Waals surface area (Å²) in [5.41, 5.74) is 6.34. The van der Waals surface area contributed by atoms with Gasteiger partial charge in [0.2, 0.25) is 0 Å². The van der Waals surface area contributed by atoms with Gasteiger partial charge in [-0.15, -0.1) is 0 Å². The van der Waals surface area contributed by atoms with Gasteiger partial charge in [0.25, 0.3) is 5.91 Å². The Balaban J connectivity index is 1.62. The number of aromatic nitrogens is 4. The van der Waals surface area contributed by atoms with Gasteiger partial charge in [0.1, 0.15) is 17.1 Å². The van der Waals surface area contributed by atoms with Gasteiger partial charge < -0.3 is 20.9 Å². The first-order valence-corrected chi connectivity index (χ1v) is 8.88. The Hall–Kier alpha value is -3.89. The van der Waals surface area contributed by atoms with Gasteiger partial charge in [-0.3, -0.25) is 4.79 Å². The molecule has 11 heteroatoms. The molecular weight excluding hydrogens is 399 g/mol. The summed E-state index contributed by atoms with van der Waals surface area (Å²) >= 11 is 0. The van der Waals surface area contributed by atoms with Crippen LogP contribution in [0.3, 0.4) is 0 Å². The smallest absolute Gasteiger partial charge is 0.365 e. The Morgan fingerprint density at radius 2 is 1.93 bits per heavy atom. The molecule has 1 aliphatic rings. The largest absolute Gasteiger partial charge is 0.433 e. The highest BCUT2D eigenvalue weighted by molar-refractivity contribution is 6.20. The third kappa shape index (κ3) is 3.95. The van der Waals surface area contributed by atoms with E-state index in [2.05, 4.69) is 25.6 Å². The van der Waals surface area contributed by atoms with E-state index in [1.54, 1.807) is 12.5 Å². The molecule has 0 atom stereocenters. The number of hydrogen-bond donors (Lipinski definition) is 3. The van der Waals surface area contributed by atoms with Crippen molar-refractivity contribution in [2.75, 3.05) is 10.6 Å². The topological polar surface area (TPSA) is 111 Å². The Bertz CT molecular complexity index is 1120. The molecular formula is C19H16F3N7O. The molecule has 4 N–H and O–H groups in total. The number of nitrogens with one attached hydrogen (secondary N) is 2. The zero-order valence-electron chi connectivity index (χ0n) is 15.4. The van der Waals surface area contributed by atoms with E-state index in [1.807, 2.05) is 29.0 Å². The van der Waals surface area contributed by atoms with Crippen molar-refractivity contribution in [2.24, 2.45) is 5.73 Å². The number of halogens is 3. The number of carbonyl (C=O) groups excluding carboxylic acids is 1. The Labute approximate surface area is 168 Å². The van der Waals surface area contributed by atoms with Gasteiger partial charge in [-0.25, -0.2) is 15.0 Å². The third-order valence-corrected chi connectivity index (χ3v) is 4.49. The number of nitrogens with zero attached hydrogens (tertiary/aromatic N) is 4. The first-order chi connectivity index (χ1) is 14.3. The van der Waals surface area contributed by atoms with Crippen LogP contribution in [0.1, 0.15) is 17.1 Å². The number of primary amides is 1. The summed E-state index contributed by atoms with van der Waals surface area (Å²) in [5.74, 6) is -1.25. The number of carbonyl (C=O) groups is 1. The molecule has 1 aromatic carbocycles. The Morgan fingerprint density at radius 3 is 2.63 bits per heavy atom. The highest BCUT2D eigenvalue weighted by Gasteiger charge is 2.34. The molecule has 0 spiro atoms. The highest BCUT2D eigenvalue weighted by Crippen LogP contribution is 2.35. The van der Waals surface area contributed by atoms with Crippen molar-refractivity contribution in [3.05, 3.63) is 72.1 Å². The molecule has 154 valence electrons. The van der Waals surface area contributed by atoms with Crippen molar-refractivity contribution in [3.63, 3.8) is 0 Å². The van der Waals surface area contributed by atoms with E-state index in [9.17, 15) is 18.0 Å². The molecule has 0 saturated heterocycles. The van der Waals surface area contributed by atoms with Crippen LogP contribution in [0.15, 0.2) is 55.0 Å². The van der Waals surface area contributed by atoms with Crippen molar-refractivity contribution in [1.82, 2.24) is 19.5 Å². The number of hydrogen-bond acceptors (Lipinski definition) is 6. The lowest BCUT2D eigenvalue weighted by molar-refractivity contribution is -0.141. The fraction of sp³-hybridized carbons (Fsp3) is 0.158. The molecule has 0 aliphatic carbocycles. The normalized spacial score (nSPS) is 14.6. The monoisotopic (exact) mass is 415 g/mol. The van der Waals surface area contributed by atoms with E-state index in [-0.39, 0.29) is 11.4 Å². The average Bonchev–Trinajstić information content (AvgIpc) is 3.35. The number of anilines is 2. The number of rotatable bonds is 5. The Kier molecular flexibility index (Phi) is 4.86. The van der Waals surface area contributed by atoms with Gasteiger partial charge in [-0.05, 0) is 30.2 Å². The highest BCUT2D eigenvalue weighted by atomic mass is 19.4. The van der Waals surface area contributed by atoms with Gasteiger partial charge in [0.15, 0.2) is 5.82 Å². The van der Waals surface area contributed by atoms with Gasteiger partial charge in [0, 0.05) is 25.1 Å². The van der Waals surface area contributed by atoms with Crippen LogP contribution in [-0.4, -0.2) is 25.4 Å². The number of nitrogens with two attached hydrogens (primary N) is 1. The minimum absolute atomic E-state index is 0.128. The van der Waals surface area contributed by atoms with E-state index in [0.717, 1.165) is 30.8 Å². The molecule has 3 aromatic rings. The second-order valence-electron chi connectivity index (χ2n) is 6.56. The first kappa shape index (κ1) is 19.4. The number of imidazole rings is 1. The summed E-state index contributed by atoms with van der Waals surface area (Å²) in [7, 11) is 0. The lowest BCUT2D eigenvalue weighted by atomic mass is 10.1. The molecule has 30 heavy (non-hydrogen) atoms. The summed E-state index contributed by atoms with van der Waals surface area (Å²) in [6.07, 6.45) is 2.29. The van der Waals surface area contributed by atoms with Crippen LogP contribution in [-0.2, 0) is 23.9 Å². The van der Waals surface area contributed by atoms with Crippen LogP contribution in [0.5, 0.6) is 0 Å². The standard InChI is InChI=1S/C19H16F3N7O/c20-19(21,22)14-3-5-25-17(28-14)15(16(23)30)18-26-12-2-1-11(9-13(12)27-18)4-7-29-8-6-24-10-29/h1-3,5-6,8-10,26-27H,4,7H2,(H2,23,30)/b18-15-. The number of alkyl halides is 3. The minimum atomic E-state index is -4.67. The maximum absolute atomic E-state index is 13.0. The van der Waals surface area contributed by atoms with Crippen molar-refractivity contribution >= 4 is 22.9 Å². The summed E-state index contributed by atoms with van der Waals surface area (Å²) in [5, 5.41) is 5.95. The number of amides is 1. The molecule has 3 heterocycles. The van der Waals surface area contributed by atoms with Crippen LogP contribution >= 0.6 is 0 Å². The third-order valence-electron chi connectivity index (χ3n) is 4.49. The lowest BCUT2D eigenvalue weighted by Gasteiger charge is -2.10. The Morgan fingerprint density at radius 1 is 1.13 bits per heavy atom. The van der Waals surface area contributed by atoms with E-state index >= 15 is 0 Å². The lowest BCUT2D eigenvalue weighted by Crippen LogP contribution is -2.21. The summed E-state index contributed by atoms with van der Waals surface area (Å²) in [6.45, 7) is 0.736. The first-order valence-electron chi connectivity index (χ1n) is 8.88. The average molecular weight is 415 g/mol. The van der Waals surface area contributed by atoms with Gasteiger partial charge in [0.05, 0.1) is 17.7 Å². The van der Waals surface area contributed by atoms with E-state index in [4.69, 9.17) is 5.73 Å². The molecule has 0 radical (unpaired) electrons. The SMILES string of the molecule is NC(=O)/C(=C1\Nc2ccc(CCn3ccnc3)cc2N1)c1nccc(C(F)(F)F)n1. The zero-order chi connectivity index (χ0) is 21.3. The second-order valence-corrected chi connectivity index (χ2v) is 6.56. The van der Waals surface area contributed by atoms with Gasteiger partial charge >= 0.3 is 6.18 Å². The number of aryl methyl sites for hydroxylation is 2. The number of benzene rings is 1. The van der Waals surface area contributed by atoms with Crippen molar-refractivity contribution in [3.8, 4) is 0 Å². The fourth-order valence-electron chi connectivity index (χ4n) is 3.04. The quantitative estimate of drug-likeness (QED) is 0.553. The van der Waals surface area contributed by atoms with E-state index in [0.29, 0.717) is 11.4 Å². The maximum Gasteiger partial charge on any atom is 0.433 e. The van der Waals surface area contributed by atoms with Crippen molar-refractivity contribution in [1.29, 1.82) is 0 Å². The van der Waals surface area contributed by atoms with Crippen molar-refractivity contribution < 1.29 is 18.0 Å². The minimum Gasteiger partial charge on any atom is -0.365 e. The van der Waals surface area contributed by atoms with Crippen LogP contribution < -0.4 is 16.4 Å². The fourth-order valence-corrected chi connectivity index (χ4v) is 3.04. The molecule has 1 amide bonds. The predicted octanol–water partition coefficient (Wildman–Crippen LogP) is 2.63. The molecule has 0 saturated carbocycles. The molecule has 4 rings (SSSR count). The molecule has 1 aliphatic heterocycles. The maximum atomic E-state index is 13.0. The zero-order valence-corrected chi connectivity index (χ0v) is 15.4. The summed E-state index contributed by atoms with van der Waals surface area (Å²) in [6, 6.07) is 6.34. The molecule has 0 bridgehead atoms. The van der Waals surface area contributed by atoms with Gasteiger partial charge in [-0.2, -0.15) is 13.2 Å². The summed E-state index contributed by atoms with van der Waals surface area (Å²) < 4.78 is 40.9. The van der Waals surface area contributed by atoms with Gasteiger partial charge in [-0.1, -0.05) is 6.07 Å². The van der Waals surface area contributed by atoms with Crippen LogP contribution in [0.4, 0.5) is 24.5 Å².